The van der Waals surface area contributed by atoms with Crippen molar-refractivity contribution in [2.75, 3.05) is 0 Å². The minimum absolute atomic E-state index is 0.287. The first kappa shape index (κ1) is 12.6. The number of H-pyrrole nitrogens is 1. The third-order valence-corrected chi connectivity index (χ3v) is 3.42. The van der Waals surface area contributed by atoms with E-state index in [2.05, 4.69) is 32.9 Å². The van der Waals surface area contributed by atoms with Gasteiger partial charge < -0.3 is 0 Å². The van der Waals surface area contributed by atoms with Gasteiger partial charge in [0.15, 0.2) is 5.69 Å². The van der Waals surface area contributed by atoms with Gasteiger partial charge in [-0.15, -0.1) is 0 Å². The van der Waals surface area contributed by atoms with E-state index in [4.69, 9.17) is 0 Å². The van der Waals surface area contributed by atoms with Crippen LogP contribution in [0.15, 0.2) is 35.4 Å². The van der Waals surface area contributed by atoms with Crippen LogP contribution in [0.25, 0.3) is 0 Å². The molecule has 1 aromatic heterocycles. The molecule has 0 atom stereocenters. The van der Waals surface area contributed by atoms with E-state index in [1.807, 2.05) is 19.1 Å². The summed E-state index contributed by atoms with van der Waals surface area (Å²) in [6.07, 6.45) is 3.02. The van der Waals surface area contributed by atoms with Crippen LogP contribution in [0.3, 0.4) is 0 Å². The molecule has 1 aliphatic rings. The van der Waals surface area contributed by atoms with Gasteiger partial charge in [-0.2, -0.15) is 10.2 Å². The second-order valence-corrected chi connectivity index (χ2v) is 4.95. The van der Waals surface area contributed by atoms with Crippen LogP contribution in [0.2, 0.25) is 0 Å². The fraction of sp³-hybridized carbons (Fsp3) is 0.267. The lowest BCUT2D eigenvalue weighted by molar-refractivity contribution is 0.0949. The molecule has 0 saturated carbocycles. The number of fused-ring (bicyclic) bond motifs is 1. The Morgan fingerprint density at radius 3 is 3.00 bits per heavy atom. The number of hydrogen-bond donors (Lipinski definition) is 2. The van der Waals surface area contributed by atoms with E-state index in [0.29, 0.717) is 5.69 Å². The van der Waals surface area contributed by atoms with Crippen LogP contribution in [0.5, 0.6) is 0 Å². The summed E-state index contributed by atoms with van der Waals surface area (Å²) in [5.74, 6) is -0.287. The first-order chi connectivity index (χ1) is 9.74. The standard InChI is InChI=1S/C15H16N4O/c1-10-9-14(18-16-10)15(20)19-17-13-8-4-6-11-5-2-3-7-12(11)13/h2-3,5,7,9H,4,6,8H2,1H3,(H,16,18)(H,19,20). The lowest BCUT2D eigenvalue weighted by atomic mass is 9.90. The van der Waals surface area contributed by atoms with Crippen molar-refractivity contribution in [1.29, 1.82) is 0 Å². The van der Waals surface area contributed by atoms with Gasteiger partial charge >= 0.3 is 0 Å². The number of carbonyl (C=O) groups excluding carboxylic acids is 1. The van der Waals surface area contributed by atoms with Crippen LogP contribution in [0, 0.1) is 6.92 Å². The first-order valence-electron chi connectivity index (χ1n) is 6.71. The molecule has 3 rings (SSSR count). The Balaban J connectivity index is 1.79. The lowest BCUT2D eigenvalue weighted by Gasteiger charge is -2.17. The molecule has 0 saturated heterocycles. The van der Waals surface area contributed by atoms with E-state index in [0.717, 1.165) is 36.2 Å². The predicted molar refractivity (Wildman–Crippen MR) is 76.7 cm³/mol. The Kier molecular flexibility index (Phi) is 3.33. The second-order valence-electron chi connectivity index (χ2n) is 4.95. The Bertz CT molecular complexity index is 672. The third kappa shape index (κ3) is 2.47. The van der Waals surface area contributed by atoms with Gasteiger partial charge in [-0.25, -0.2) is 5.43 Å². The van der Waals surface area contributed by atoms with Crippen LogP contribution in [-0.4, -0.2) is 21.8 Å². The number of hydrazone groups is 1. The summed E-state index contributed by atoms with van der Waals surface area (Å²) in [4.78, 5) is 11.9. The molecule has 0 unspecified atom stereocenters. The van der Waals surface area contributed by atoms with E-state index in [1.165, 1.54) is 5.56 Å². The molecule has 102 valence electrons. The number of amides is 1. The quantitative estimate of drug-likeness (QED) is 0.820. The van der Waals surface area contributed by atoms with Crippen molar-refractivity contribution in [3.8, 4) is 0 Å². The summed E-state index contributed by atoms with van der Waals surface area (Å²) < 4.78 is 0. The number of nitrogens with one attached hydrogen (secondary N) is 2. The highest BCUT2D eigenvalue weighted by Gasteiger charge is 2.15. The number of carbonyl (C=O) groups is 1. The molecule has 0 aliphatic heterocycles. The van der Waals surface area contributed by atoms with Crippen LogP contribution >= 0.6 is 0 Å². The first-order valence-corrected chi connectivity index (χ1v) is 6.71. The highest BCUT2D eigenvalue weighted by Crippen LogP contribution is 2.21. The average molecular weight is 268 g/mol. The van der Waals surface area contributed by atoms with Gasteiger partial charge in [-0.1, -0.05) is 24.3 Å². The maximum atomic E-state index is 11.9. The van der Waals surface area contributed by atoms with Crippen molar-refractivity contribution in [3.63, 3.8) is 0 Å². The molecule has 5 heteroatoms. The summed E-state index contributed by atoms with van der Waals surface area (Å²) in [5.41, 5.74) is 7.17. The van der Waals surface area contributed by atoms with E-state index < -0.39 is 0 Å². The fourth-order valence-corrected chi connectivity index (χ4v) is 2.43. The molecule has 1 amide bonds. The lowest BCUT2D eigenvalue weighted by Crippen LogP contribution is -2.22. The molecule has 0 bridgehead atoms. The average Bonchev–Trinajstić information content (AvgIpc) is 2.91. The monoisotopic (exact) mass is 268 g/mol. The number of hydrogen-bond acceptors (Lipinski definition) is 3. The summed E-state index contributed by atoms with van der Waals surface area (Å²) in [5, 5.41) is 10.9. The van der Waals surface area contributed by atoms with Crippen molar-refractivity contribution < 1.29 is 4.79 Å². The maximum absolute atomic E-state index is 11.9. The molecule has 20 heavy (non-hydrogen) atoms. The Morgan fingerprint density at radius 2 is 2.20 bits per heavy atom. The number of aryl methyl sites for hydroxylation is 2. The molecule has 1 aromatic carbocycles. The van der Waals surface area contributed by atoms with Gasteiger partial charge in [0.1, 0.15) is 0 Å². The van der Waals surface area contributed by atoms with E-state index >= 15 is 0 Å². The number of rotatable bonds is 2. The van der Waals surface area contributed by atoms with Crippen molar-refractivity contribution in [3.05, 3.63) is 52.8 Å². The molecule has 5 nitrogen and oxygen atoms in total. The molecular weight excluding hydrogens is 252 g/mol. The Labute approximate surface area is 117 Å². The third-order valence-electron chi connectivity index (χ3n) is 3.42. The number of benzene rings is 1. The summed E-state index contributed by atoms with van der Waals surface area (Å²) >= 11 is 0. The van der Waals surface area contributed by atoms with Crippen LogP contribution in [0.1, 0.15) is 40.2 Å². The minimum Gasteiger partial charge on any atom is -0.282 e. The number of nitrogens with zero attached hydrogens (tertiary/aromatic N) is 2. The van der Waals surface area contributed by atoms with E-state index in [-0.39, 0.29) is 5.91 Å². The van der Waals surface area contributed by atoms with Crippen LogP contribution in [-0.2, 0) is 6.42 Å². The summed E-state index contributed by atoms with van der Waals surface area (Å²) in [6, 6.07) is 9.90. The largest absolute Gasteiger partial charge is 0.291 e. The fourth-order valence-electron chi connectivity index (χ4n) is 2.43. The number of aromatic nitrogens is 2. The van der Waals surface area contributed by atoms with Crippen molar-refractivity contribution in [1.82, 2.24) is 15.6 Å². The molecule has 0 fully saturated rings. The van der Waals surface area contributed by atoms with E-state index in [1.54, 1.807) is 6.07 Å². The molecule has 2 N–H and O–H groups in total. The van der Waals surface area contributed by atoms with Crippen molar-refractivity contribution >= 4 is 11.6 Å². The molecular formula is C15H16N4O. The Morgan fingerprint density at radius 1 is 1.35 bits per heavy atom. The molecule has 1 aliphatic carbocycles. The van der Waals surface area contributed by atoms with Gasteiger partial charge in [-0.3, -0.25) is 9.89 Å². The van der Waals surface area contributed by atoms with Gasteiger partial charge in [0.2, 0.25) is 0 Å². The highest BCUT2D eigenvalue weighted by molar-refractivity contribution is 6.03. The maximum Gasteiger partial charge on any atom is 0.291 e. The SMILES string of the molecule is Cc1cc(C(=O)NN=C2CCCc3ccccc32)n[nH]1. The van der Waals surface area contributed by atoms with Gasteiger partial charge in [-0.05, 0) is 37.8 Å². The number of aromatic amines is 1. The van der Waals surface area contributed by atoms with Crippen molar-refractivity contribution in [2.45, 2.75) is 26.2 Å². The zero-order chi connectivity index (χ0) is 13.9. The molecule has 0 spiro atoms. The van der Waals surface area contributed by atoms with Gasteiger partial charge in [0.25, 0.3) is 5.91 Å². The van der Waals surface area contributed by atoms with E-state index in [9.17, 15) is 4.79 Å². The van der Waals surface area contributed by atoms with Crippen molar-refractivity contribution in [2.24, 2.45) is 5.10 Å². The molecule has 2 aromatic rings. The minimum atomic E-state index is -0.287. The summed E-state index contributed by atoms with van der Waals surface area (Å²) in [6.45, 7) is 1.85. The zero-order valence-corrected chi connectivity index (χ0v) is 11.3. The summed E-state index contributed by atoms with van der Waals surface area (Å²) in [7, 11) is 0. The van der Waals surface area contributed by atoms with Gasteiger partial charge in [0, 0.05) is 11.3 Å². The molecule has 0 radical (unpaired) electrons. The normalized spacial score (nSPS) is 15.9. The highest BCUT2D eigenvalue weighted by atomic mass is 16.2. The smallest absolute Gasteiger partial charge is 0.282 e. The van der Waals surface area contributed by atoms with Crippen LogP contribution < -0.4 is 5.43 Å². The zero-order valence-electron chi connectivity index (χ0n) is 11.3. The topological polar surface area (TPSA) is 70.1 Å². The molecule has 1 heterocycles. The van der Waals surface area contributed by atoms with Gasteiger partial charge in [0.05, 0.1) is 5.71 Å². The Hall–Kier alpha value is -2.43. The second kappa shape index (κ2) is 5.28. The predicted octanol–water partition coefficient (Wildman–Crippen LogP) is 2.19. The van der Waals surface area contributed by atoms with Crippen LogP contribution in [0.4, 0.5) is 0 Å².